The number of aliphatic imine (C=N–C) groups is 1. The number of carbonyl (C=O) groups excluding carboxylic acids is 1. The second-order valence-corrected chi connectivity index (χ2v) is 6.56. The molecule has 2 N–H and O–H groups in total. The van der Waals surface area contributed by atoms with Crippen molar-refractivity contribution in [1.29, 1.82) is 0 Å². The van der Waals surface area contributed by atoms with Crippen molar-refractivity contribution in [2.24, 2.45) is 4.99 Å². The van der Waals surface area contributed by atoms with Gasteiger partial charge >= 0.3 is 0 Å². The molecule has 1 aliphatic heterocycles. The maximum absolute atomic E-state index is 13.4. The molecular formula is C19H29F2IN4O. The zero-order valence-corrected chi connectivity index (χ0v) is 18.3. The summed E-state index contributed by atoms with van der Waals surface area (Å²) < 4.78 is 26.4. The van der Waals surface area contributed by atoms with Crippen LogP contribution in [-0.4, -0.2) is 49.5 Å². The summed E-state index contributed by atoms with van der Waals surface area (Å²) in [4.78, 5) is 18.0. The molecule has 5 nitrogen and oxygen atoms in total. The van der Waals surface area contributed by atoms with Crippen LogP contribution in [0.25, 0.3) is 0 Å². The molecule has 1 amide bonds. The number of hydrogen-bond donors (Lipinski definition) is 2. The second kappa shape index (κ2) is 12.1. The third-order valence-corrected chi connectivity index (χ3v) is 4.45. The molecule has 0 aliphatic carbocycles. The first-order valence-corrected chi connectivity index (χ1v) is 9.26. The summed E-state index contributed by atoms with van der Waals surface area (Å²) in [6.07, 6.45) is 2.48. The number of rotatable bonds is 8. The normalized spacial score (nSPS) is 15.5. The van der Waals surface area contributed by atoms with E-state index in [1.54, 1.807) is 6.07 Å². The fourth-order valence-electron chi connectivity index (χ4n) is 2.91. The molecule has 1 fully saturated rings. The summed E-state index contributed by atoms with van der Waals surface area (Å²) in [6, 6.07) is 3.96. The number of hydrogen-bond acceptors (Lipinski definition) is 2. The third kappa shape index (κ3) is 7.59. The van der Waals surface area contributed by atoms with E-state index in [0.29, 0.717) is 18.9 Å². The molecule has 1 saturated heterocycles. The molecule has 1 aliphatic rings. The van der Waals surface area contributed by atoms with Crippen molar-refractivity contribution in [2.45, 2.75) is 39.0 Å². The number of likely N-dealkylation sites (tertiary alicyclic amines) is 1. The van der Waals surface area contributed by atoms with Crippen molar-refractivity contribution in [1.82, 2.24) is 15.5 Å². The highest BCUT2D eigenvalue weighted by atomic mass is 127. The van der Waals surface area contributed by atoms with E-state index in [1.807, 2.05) is 18.7 Å². The zero-order valence-electron chi connectivity index (χ0n) is 15.9. The highest BCUT2D eigenvalue weighted by Crippen LogP contribution is 2.18. The van der Waals surface area contributed by atoms with E-state index in [0.717, 1.165) is 50.7 Å². The Hall–Kier alpha value is -1.45. The molecule has 1 unspecified atom stereocenters. The molecule has 1 atom stereocenters. The van der Waals surface area contributed by atoms with E-state index in [-0.39, 0.29) is 35.8 Å². The first-order chi connectivity index (χ1) is 12.5. The van der Waals surface area contributed by atoms with Gasteiger partial charge in [0.05, 0.1) is 0 Å². The standard InChI is InChI=1S/C19H28F2N4O.HI/c1-3-22-19(23-9-5-11-25-10-4-6-18(25)26)24-13-14(2)15-7-8-16(20)17(21)12-15;/h7-8,12,14H,3-6,9-11,13H2,1-2H3,(H2,22,23,24);1H. The minimum atomic E-state index is -0.837. The van der Waals surface area contributed by atoms with Crippen LogP contribution in [-0.2, 0) is 4.79 Å². The number of guanidine groups is 1. The van der Waals surface area contributed by atoms with Gasteiger partial charge in [-0.2, -0.15) is 0 Å². The van der Waals surface area contributed by atoms with Gasteiger partial charge in [0, 0.05) is 45.1 Å². The highest BCUT2D eigenvalue weighted by Gasteiger charge is 2.19. The van der Waals surface area contributed by atoms with E-state index in [1.165, 1.54) is 6.07 Å². The summed E-state index contributed by atoms with van der Waals surface area (Å²) in [5.74, 6) is -0.765. The lowest BCUT2D eigenvalue weighted by Gasteiger charge is -2.17. The predicted molar refractivity (Wildman–Crippen MR) is 115 cm³/mol. The van der Waals surface area contributed by atoms with Gasteiger partial charge in [0.25, 0.3) is 0 Å². The fourth-order valence-corrected chi connectivity index (χ4v) is 2.91. The molecule has 8 heteroatoms. The van der Waals surface area contributed by atoms with Crippen LogP contribution in [0.1, 0.15) is 44.6 Å². The van der Waals surface area contributed by atoms with Gasteiger partial charge in [0.2, 0.25) is 5.91 Å². The summed E-state index contributed by atoms with van der Waals surface area (Å²) in [5, 5.41) is 6.43. The average molecular weight is 494 g/mol. The Bertz CT molecular complexity index is 642. The molecule has 0 aromatic heterocycles. The van der Waals surface area contributed by atoms with Gasteiger partial charge < -0.3 is 15.5 Å². The fraction of sp³-hybridized carbons (Fsp3) is 0.579. The van der Waals surface area contributed by atoms with Crippen molar-refractivity contribution >= 4 is 35.8 Å². The second-order valence-electron chi connectivity index (χ2n) is 6.56. The van der Waals surface area contributed by atoms with Gasteiger partial charge in [0.1, 0.15) is 0 Å². The van der Waals surface area contributed by atoms with E-state index < -0.39 is 11.6 Å². The molecule has 152 valence electrons. The van der Waals surface area contributed by atoms with Gasteiger partial charge in [-0.1, -0.05) is 13.0 Å². The van der Waals surface area contributed by atoms with Crippen LogP contribution in [0.5, 0.6) is 0 Å². The molecular weight excluding hydrogens is 465 g/mol. The minimum absolute atomic E-state index is 0. The molecule has 2 rings (SSSR count). The van der Waals surface area contributed by atoms with Gasteiger partial charge in [0.15, 0.2) is 17.6 Å². The van der Waals surface area contributed by atoms with Crippen molar-refractivity contribution in [3.8, 4) is 0 Å². The first kappa shape index (κ1) is 23.6. The summed E-state index contributed by atoms with van der Waals surface area (Å²) in [6.45, 7) is 7.45. The van der Waals surface area contributed by atoms with E-state index >= 15 is 0 Å². The topological polar surface area (TPSA) is 56.7 Å². The maximum atomic E-state index is 13.4. The van der Waals surface area contributed by atoms with Gasteiger partial charge in [-0.25, -0.2) is 8.78 Å². The summed E-state index contributed by atoms with van der Waals surface area (Å²) in [5.41, 5.74) is 0.719. The number of carbonyl (C=O) groups is 1. The predicted octanol–water partition coefficient (Wildman–Crippen LogP) is 3.25. The van der Waals surface area contributed by atoms with Crippen LogP contribution in [0.2, 0.25) is 0 Å². The van der Waals surface area contributed by atoms with Gasteiger partial charge in [-0.15, -0.1) is 24.0 Å². The molecule has 1 aromatic carbocycles. The lowest BCUT2D eigenvalue weighted by atomic mass is 10.0. The first-order valence-electron chi connectivity index (χ1n) is 9.26. The molecule has 1 aromatic rings. The molecule has 0 radical (unpaired) electrons. The van der Waals surface area contributed by atoms with Gasteiger partial charge in [-0.3, -0.25) is 9.79 Å². The highest BCUT2D eigenvalue weighted by molar-refractivity contribution is 14.0. The summed E-state index contributed by atoms with van der Waals surface area (Å²) >= 11 is 0. The smallest absolute Gasteiger partial charge is 0.222 e. The maximum Gasteiger partial charge on any atom is 0.222 e. The number of benzene rings is 1. The van der Waals surface area contributed by atoms with E-state index in [2.05, 4.69) is 15.6 Å². The Morgan fingerprint density at radius 1 is 1.30 bits per heavy atom. The number of nitrogens with zero attached hydrogens (tertiary/aromatic N) is 2. The number of amides is 1. The molecule has 1 heterocycles. The zero-order chi connectivity index (χ0) is 18.9. The number of nitrogens with one attached hydrogen (secondary N) is 2. The Balaban J connectivity index is 0.00000364. The third-order valence-electron chi connectivity index (χ3n) is 4.45. The Labute approximate surface area is 177 Å². The Morgan fingerprint density at radius 2 is 2.07 bits per heavy atom. The molecule has 27 heavy (non-hydrogen) atoms. The van der Waals surface area contributed by atoms with Crippen molar-refractivity contribution < 1.29 is 13.6 Å². The van der Waals surface area contributed by atoms with Crippen molar-refractivity contribution in [3.05, 3.63) is 35.4 Å². The molecule has 0 spiro atoms. The quantitative estimate of drug-likeness (QED) is 0.253. The molecule has 0 bridgehead atoms. The van der Waals surface area contributed by atoms with Crippen LogP contribution in [0, 0.1) is 11.6 Å². The monoisotopic (exact) mass is 494 g/mol. The van der Waals surface area contributed by atoms with Crippen LogP contribution in [0.3, 0.4) is 0 Å². The van der Waals surface area contributed by atoms with Crippen molar-refractivity contribution in [3.63, 3.8) is 0 Å². The largest absolute Gasteiger partial charge is 0.357 e. The van der Waals surface area contributed by atoms with Crippen LogP contribution in [0.15, 0.2) is 23.2 Å². The lowest BCUT2D eigenvalue weighted by molar-refractivity contribution is -0.127. The van der Waals surface area contributed by atoms with Crippen LogP contribution >= 0.6 is 24.0 Å². The van der Waals surface area contributed by atoms with E-state index in [9.17, 15) is 13.6 Å². The lowest BCUT2D eigenvalue weighted by Crippen LogP contribution is -2.39. The summed E-state index contributed by atoms with van der Waals surface area (Å²) in [7, 11) is 0. The minimum Gasteiger partial charge on any atom is -0.357 e. The Kier molecular flexibility index (Phi) is 10.6. The van der Waals surface area contributed by atoms with Gasteiger partial charge in [-0.05, 0) is 37.5 Å². The molecule has 0 saturated carbocycles. The van der Waals surface area contributed by atoms with E-state index in [4.69, 9.17) is 0 Å². The SMILES string of the molecule is CCNC(=NCC(C)c1ccc(F)c(F)c1)NCCCN1CCCC1=O.I. The Morgan fingerprint density at radius 3 is 2.70 bits per heavy atom. The van der Waals surface area contributed by atoms with Crippen molar-refractivity contribution in [2.75, 3.05) is 32.7 Å². The average Bonchev–Trinajstić information content (AvgIpc) is 3.03. The van der Waals surface area contributed by atoms with Crippen LogP contribution < -0.4 is 10.6 Å². The van der Waals surface area contributed by atoms with Crippen LogP contribution in [0.4, 0.5) is 8.78 Å². The number of halogens is 3.